The molecule has 2 heterocycles. The predicted molar refractivity (Wildman–Crippen MR) is 144 cm³/mol. The van der Waals surface area contributed by atoms with Gasteiger partial charge >= 0.3 is 5.97 Å². The number of methoxy groups -OCH3 is 1. The van der Waals surface area contributed by atoms with Crippen molar-refractivity contribution in [3.63, 3.8) is 0 Å². The zero-order valence-electron chi connectivity index (χ0n) is 24.9. The molecule has 0 bridgehead atoms. The van der Waals surface area contributed by atoms with Crippen LogP contribution >= 0.6 is 0 Å². The second kappa shape index (κ2) is 14.0. The van der Waals surface area contributed by atoms with Gasteiger partial charge in [0.15, 0.2) is 12.1 Å². The lowest BCUT2D eigenvalue weighted by molar-refractivity contribution is -0.295. The smallest absolute Gasteiger partial charge is 0.319 e. The molecule has 2 aliphatic rings. The Hall–Kier alpha value is -1.14. The number of aliphatic hydroxyl groups is 2. The van der Waals surface area contributed by atoms with Gasteiger partial charge in [-0.3, -0.25) is 9.59 Å². The Kier molecular flexibility index (Phi) is 12.2. The number of nitrogens with one attached hydrogen (secondary N) is 1. The van der Waals surface area contributed by atoms with Crippen LogP contribution in [0.25, 0.3) is 0 Å². The number of rotatable bonds is 7. The first-order valence-corrected chi connectivity index (χ1v) is 13.9. The van der Waals surface area contributed by atoms with Gasteiger partial charge in [0, 0.05) is 31.7 Å². The molecule has 0 amide bonds. The SMILES string of the molecule is CO[C@]1(C)C[C@@H](C)CN[C@@H](CCCO)COC(=O)C(C)(C)C(=O)[C@H](C)[C@H]1OC1OC(C)CC(N(C)C)[C@H]1O. The van der Waals surface area contributed by atoms with Gasteiger partial charge in [0.25, 0.3) is 0 Å². The van der Waals surface area contributed by atoms with Crippen LogP contribution in [0.2, 0.25) is 0 Å². The van der Waals surface area contributed by atoms with Crippen LogP contribution in [0, 0.1) is 17.3 Å². The van der Waals surface area contributed by atoms with Crippen molar-refractivity contribution in [2.24, 2.45) is 17.3 Å². The first-order chi connectivity index (χ1) is 17.7. The van der Waals surface area contributed by atoms with Crippen LogP contribution in [0.1, 0.15) is 67.2 Å². The number of Topliss-reactive ketones (excluding diaryl/α,β-unsaturated/α-hetero) is 1. The Morgan fingerprint density at radius 3 is 2.39 bits per heavy atom. The van der Waals surface area contributed by atoms with Gasteiger partial charge in [0.1, 0.15) is 18.1 Å². The number of carbonyl (C=O) groups is 2. The van der Waals surface area contributed by atoms with Gasteiger partial charge in [-0.25, -0.2) is 0 Å². The molecule has 0 saturated carbocycles. The number of hydrogen-bond donors (Lipinski definition) is 3. The number of hydrogen-bond acceptors (Lipinski definition) is 10. The van der Waals surface area contributed by atoms with Crippen LogP contribution in [0.4, 0.5) is 0 Å². The Labute approximate surface area is 228 Å². The van der Waals surface area contributed by atoms with Crippen molar-refractivity contribution >= 4 is 11.8 Å². The number of ether oxygens (including phenoxy) is 4. The lowest BCUT2D eigenvalue weighted by atomic mass is 9.74. The first-order valence-electron chi connectivity index (χ1n) is 13.9. The molecule has 2 aliphatic heterocycles. The molecule has 0 aromatic carbocycles. The summed E-state index contributed by atoms with van der Waals surface area (Å²) in [4.78, 5) is 29.0. The fourth-order valence-corrected chi connectivity index (χ4v) is 5.78. The van der Waals surface area contributed by atoms with E-state index in [4.69, 9.17) is 18.9 Å². The maximum atomic E-state index is 13.9. The highest BCUT2D eigenvalue weighted by Crippen LogP contribution is 2.38. The quantitative estimate of drug-likeness (QED) is 0.322. The van der Waals surface area contributed by atoms with Gasteiger partial charge < -0.3 is 39.4 Å². The van der Waals surface area contributed by atoms with E-state index in [0.29, 0.717) is 32.2 Å². The predicted octanol–water partition coefficient (Wildman–Crippen LogP) is 1.75. The molecule has 2 rings (SSSR count). The zero-order valence-corrected chi connectivity index (χ0v) is 24.9. The largest absolute Gasteiger partial charge is 0.463 e. The van der Waals surface area contributed by atoms with Crippen molar-refractivity contribution in [3.05, 3.63) is 0 Å². The summed E-state index contributed by atoms with van der Waals surface area (Å²) in [5.74, 6) is -1.59. The van der Waals surface area contributed by atoms with Crippen molar-refractivity contribution in [2.75, 3.05) is 41.0 Å². The minimum Gasteiger partial charge on any atom is -0.463 e. The molecule has 0 aromatic heterocycles. The summed E-state index contributed by atoms with van der Waals surface area (Å²) in [6, 6.07) is -0.322. The van der Waals surface area contributed by atoms with E-state index in [1.165, 1.54) is 0 Å². The number of ketones is 1. The second-order valence-electron chi connectivity index (χ2n) is 12.3. The minimum absolute atomic E-state index is 0.0479. The third kappa shape index (κ3) is 7.96. The average Bonchev–Trinajstić information content (AvgIpc) is 2.86. The molecule has 0 radical (unpaired) electrons. The fraction of sp³-hybridized carbons (Fsp3) is 0.929. The van der Waals surface area contributed by atoms with Crippen LogP contribution < -0.4 is 5.32 Å². The maximum absolute atomic E-state index is 13.9. The van der Waals surface area contributed by atoms with Crippen molar-refractivity contribution < 1.29 is 38.7 Å². The Bertz CT molecular complexity index is 778. The summed E-state index contributed by atoms with van der Waals surface area (Å²) in [6.07, 6.45) is -0.462. The van der Waals surface area contributed by atoms with Crippen molar-refractivity contribution in [3.8, 4) is 0 Å². The zero-order chi connectivity index (χ0) is 28.8. The lowest BCUT2D eigenvalue weighted by Gasteiger charge is -2.47. The molecule has 222 valence electrons. The molecule has 0 aliphatic carbocycles. The van der Waals surface area contributed by atoms with Gasteiger partial charge in [0.2, 0.25) is 0 Å². The number of esters is 1. The van der Waals surface area contributed by atoms with Gasteiger partial charge in [-0.1, -0.05) is 13.8 Å². The van der Waals surface area contributed by atoms with E-state index in [-0.39, 0.29) is 43.1 Å². The summed E-state index contributed by atoms with van der Waals surface area (Å²) in [7, 11) is 5.41. The monoisotopic (exact) mass is 544 g/mol. The van der Waals surface area contributed by atoms with Gasteiger partial charge in [-0.05, 0) is 79.9 Å². The molecular formula is C28H52N2O8. The van der Waals surface area contributed by atoms with Crippen LogP contribution in [0.5, 0.6) is 0 Å². The molecule has 3 N–H and O–H groups in total. The van der Waals surface area contributed by atoms with Crippen LogP contribution in [0.15, 0.2) is 0 Å². The molecule has 10 heteroatoms. The van der Waals surface area contributed by atoms with E-state index < -0.39 is 41.4 Å². The Balaban J connectivity index is 2.47. The first kappa shape index (κ1) is 33.1. The molecule has 2 saturated heterocycles. The molecule has 2 fully saturated rings. The fourth-order valence-electron chi connectivity index (χ4n) is 5.78. The minimum atomic E-state index is -1.43. The summed E-state index contributed by atoms with van der Waals surface area (Å²) in [5.41, 5.74) is -2.36. The van der Waals surface area contributed by atoms with Crippen LogP contribution in [-0.4, -0.2) is 110 Å². The number of nitrogens with zero attached hydrogens (tertiary/aromatic N) is 1. The molecule has 0 aromatic rings. The van der Waals surface area contributed by atoms with E-state index in [2.05, 4.69) is 12.2 Å². The van der Waals surface area contributed by atoms with Crippen LogP contribution in [-0.2, 0) is 28.5 Å². The lowest BCUT2D eigenvalue weighted by Crippen LogP contribution is -2.59. The normalized spacial score (nSPS) is 39.7. The highest BCUT2D eigenvalue weighted by atomic mass is 16.7. The topological polar surface area (TPSA) is 127 Å². The third-order valence-corrected chi connectivity index (χ3v) is 8.25. The summed E-state index contributed by atoms with van der Waals surface area (Å²) in [5, 5.41) is 23.9. The highest BCUT2D eigenvalue weighted by molar-refractivity contribution is 6.04. The standard InChI is InChI=1S/C28H52N2O8/c1-17-14-28(6,35-9)24(38-25-22(32)21(30(7)8)13-18(2)37-25)19(3)23(33)27(4,5)26(34)36-16-20(29-15-17)11-10-12-31/h17-22,24-25,29,31-32H,10-16H2,1-9H3/t17-,18?,19+,20+,21?,22-,24-,25?,28-/m1/s1. The van der Waals surface area contributed by atoms with Crippen molar-refractivity contribution in [2.45, 2.75) is 110 Å². The maximum Gasteiger partial charge on any atom is 0.319 e. The number of carbonyl (C=O) groups excluding carboxylic acids is 2. The van der Waals surface area contributed by atoms with Crippen molar-refractivity contribution in [1.29, 1.82) is 0 Å². The molecule has 10 nitrogen and oxygen atoms in total. The Morgan fingerprint density at radius 1 is 1.16 bits per heavy atom. The number of aliphatic hydroxyl groups excluding tert-OH is 2. The molecule has 9 atom stereocenters. The van der Waals surface area contributed by atoms with Gasteiger partial charge in [-0.15, -0.1) is 0 Å². The summed E-state index contributed by atoms with van der Waals surface area (Å²) < 4.78 is 24.3. The summed E-state index contributed by atoms with van der Waals surface area (Å²) >= 11 is 0. The molecule has 0 spiro atoms. The number of likely N-dealkylation sites (N-methyl/N-ethyl adjacent to an activating group) is 1. The molecule has 3 unspecified atom stereocenters. The van der Waals surface area contributed by atoms with Crippen molar-refractivity contribution in [1.82, 2.24) is 10.2 Å². The summed E-state index contributed by atoms with van der Waals surface area (Å²) in [6.45, 7) is 11.6. The van der Waals surface area contributed by atoms with Gasteiger partial charge in [0.05, 0.1) is 17.8 Å². The molecular weight excluding hydrogens is 492 g/mol. The van der Waals surface area contributed by atoms with E-state index in [1.54, 1.807) is 27.9 Å². The second-order valence-corrected chi connectivity index (χ2v) is 12.3. The van der Waals surface area contributed by atoms with E-state index in [9.17, 15) is 19.8 Å². The third-order valence-electron chi connectivity index (χ3n) is 8.25. The molecule has 38 heavy (non-hydrogen) atoms. The van der Waals surface area contributed by atoms with E-state index >= 15 is 0 Å². The average molecular weight is 545 g/mol. The van der Waals surface area contributed by atoms with Crippen LogP contribution in [0.3, 0.4) is 0 Å². The van der Waals surface area contributed by atoms with Gasteiger partial charge in [-0.2, -0.15) is 0 Å². The highest BCUT2D eigenvalue weighted by Gasteiger charge is 2.51. The van der Waals surface area contributed by atoms with E-state index in [1.807, 2.05) is 32.8 Å². The number of cyclic esters (lactones) is 1. The Morgan fingerprint density at radius 2 is 1.82 bits per heavy atom. The van der Waals surface area contributed by atoms with E-state index in [0.717, 1.165) is 0 Å².